The summed E-state index contributed by atoms with van der Waals surface area (Å²) in [4.78, 5) is 14.5. The molecule has 1 fully saturated rings. The number of carbonyl (C=O) groups is 1. The van der Waals surface area contributed by atoms with E-state index in [4.69, 9.17) is 0 Å². The van der Waals surface area contributed by atoms with Crippen LogP contribution in [0.2, 0.25) is 0 Å². The Balaban J connectivity index is 1.87. The lowest BCUT2D eigenvalue weighted by molar-refractivity contribution is 0.0964. The summed E-state index contributed by atoms with van der Waals surface area (Å²) in [6.07, 6.45) is 0.611. The lowest BCUT2D eigenvalue weighted by Crippen LogP contribution is -2.37. The Kier molecular flexibility index (Phi) is 5.27. The lowest BCUT2D eigenvalue weighted by Gasteiger charge is -2.30. The standard InChI is InChI=1S/C14H18BrNOS/c1-11-10-16(8-9-18-11)7-6-14(17)12-4-2-3-5-13(12)15/h2-5,11H,6-10H2,1H3. The van der Waals surface area contributed by atoms with Gasteiger partial charge in [-0.1, -0.05) is 41.1 Å². The summed E-state index contributed by atoms with van der Waals surface area (Å²) in [5, 5.41) is 0.692. The molecule has 0 spiro atoms. The summed E-state index contributed by atoms with van der Waals surface area (Å²) in [6.45, 7) is 5.35. The highest BCUT2D eigenvalue weighted by Gasteiger charge is 2.18. The van der Waals surface area contributed by atoms with E-state index in [-0.39, 0.29) is 5.78 Å². The van der Waals surface area contributed by atoms with Crippen LogP contribution in [0, 0.1) is 0 Å². The highest BCUT2D eigenvalue weighted by molar-refractivity contribution is 9.10. The number of carbonyl (C=O) groups excluding carboxylic acids is 1. The predicted octanol–water partition coefficient (Wildman–Crippen LogP) is 3.46. The fourth-order valence-corrected chi connectivity index (χ4v) is 3.76. The number of benzene rings is 1. The number of nitrogens with zero attached hydrogens (tertiary/aromatic N) is 1. The van der Waals surface area contributed by atoms with Crippen molar-refractivity contribution >= 4 is 33.5 Å². The van der Waals surface area contributed by atoms with Crippen LogP contribution in [-0.2, 0) is 0 Å². The van der Waals surface area contributed by atoms with Crippen molar-refractivity contribution in [3.63, 3.8) is 0 Å². The first-order valence-electron chi connectivity index (χ1n) is 6.28. The molecule has 0 aromatic heterocycles. The van der Waals surface area contributed by atoms with Crippen molar-refractivity contribution in [1.82, 2.24) is 4.90 Å². The second-order valence-electron chi connectivity index (χ2n) is 4.64. The molecular weight excluding hydrogens is 310 g/mol. The Morgan fingerprint density at radius 1 is 1.50 bits per heavy atom. The van der Waals surface area contributed by atoms with Gasteiger partial charge >= 0.3 is 0 Å². The average molecular weight is 328 g/mol. The average Bonchev–Trinajstić information content (AvgIpc) is 2.37. The zero-order valence-electron chi connectivity index (χ0n) is 10.6. The van der Waals surface area contributed by atoms with Crippen molar-refractivity contribution < 1.29 is 4.79 Å². The van der Waals surface area contributed by atoms with Crippen LogP contribution in [0.15, 0.2) is 28.7 Å². The Morgan fingerprint density at radius 2 is 2.28 bits per heavy atom. The predicted molar refractivity (Wildman–Crippen MR) is 81.4 cm³/mol. The first-order valence-corrected chi connectivity index (χ1v) is 8.12. The van der Waals surface area contributed by atoms with E-state index in [9.17, 15) is 4.79 Å². The van der Waals surface area contributed by atoms with Crippen molar-refractivity contribution in [1.29, 1.82) is 0 Å². The molecule has 1 unspecified atom stereocenters. The molecule has 0 bridgehead atoms. The molecule has 0 N–H and O–H groups in total. The molecule has 1 aromatic carbocycles. The van der Waals surface area contributed by atoms with Crippen LogP contribution in [0.3, 0.4) is 0 Å². The molecule has 0 saturated carbocycles. The van der Waals surface area contributed by atoms with Gasteiger partial charge in [-0.3, -0.25) is 4.79 Å². The number of ketones is 1. The maximum atomic E-state index is 12.1. The van der Waals surface area contributed by atoms with E-state index in [1.165, 1.54) is 5.75 Å². The van der Waals surface area contributed by atoms with Gasteiger partial charge in [-0.25, -0.2) is 0 Å². The normalized spacial score (nSPS) is 20.9. The van der Waals surface area contributed by atoms with Gasteiger partial charge in [-0.05, 0) is 6.07 Å². The molecular formula is C14H18BrNOS. The molecule has 0 radical (unpaired) electrons. The van der Waals surface area contributed by atoms with Gasteiger partial charge in [0, 0.05) is 47.1 Å². The molecule has 98 valence electrons. The molecule has 0 amide bonds. The molecule has 1 aliphatic heterocycles. The lowest BCUT2D eigenvalue weighted by atomic mass is 10.1. The van der Waals surface area contributed by atoms with Crippen molar-refractivity contribution in [2.24, 2.45) is 0 Å². The topological polar surface area (TPSA) is 20.3 Å². The van der Waals surface area contributed by atoms with Gasteiger partial charge < -0.3 is 4.90 Å². The number of hydrogen-bond acceptors (Lipinski definition) is 3. The van der Waals surface area contributed by atoms with E-state index in [2.05, 4.69) is 27.8 Å². The smallest absolute Gasteiger partial charge is 0.165 e. The van der Waals surface area contributed by atoms with Crippen LogP contribution >= 0.6 is 27.7 Å². The monoisotopic (exact) mass is 327 g/mol. The van der Waals surface area contributed by atoms with Crippen LogP contribution in [0.1, 0.15) is 23.7 Å². The van der Waals surface area contributed by atoms with Gasteiger partial charge in [0.15, 0.2) is 5.78 Å². The SMILES string of the molecule is CC1CN(CCC(=O)c2ccccc2Br)CCS1. The van der Waals surface area contributed by atoms with Crippen molar-refractivity contribution in [2.45, 2.75) is 18.6 Å². The third-order valence-electron chi connectivity index (χ3n) is 3.15. The number of rotatable bonds is 4. The summed E-state index contributed by atoms with van der Waals surface area (Å²) in [5.41, 5.74) is 0.803. The molecule has 18 heavy (non-hydrogen) atoms. The number of hydrogen-bond donors (Lipinski definition) is 0. The second-order valence-corrected chi connectivity index (χ2v) is 7.04. The fourth-order valence-electron chi connectivity index (χ4n) is 2.18. The first-order chi connectivity index (χ1) is 8.66. The van der Waals surface area contributed by atoms with Gasteiger partial charge in [0.05, 0.1) is 0 Å². The quantitative estimate of drug-likeness (QED) is 0.790. The molecule has 1 aromatic rings. The Hall–Kier alpha value is -0.320. The minimum absolute atomic E-state index is 0.230. The second kappa shape index (κ2) is 6.73. The maximum absolute atomic E-state index is 12.1. The molecule has 1 aliphatic rings. The minimum atomic E-state index is 0.230. The zero-order valence-corrected chi connectivity index (χ0v) is 13.0. The Bertz CT molecular complexity index is 424. The molecule has 0 aliphatic carbocycles. The zero-order chi connectivity index (χ0) is 13.0. The van der Waals surface area contributed by atoms with Gasteiger partial charge in [0.1, 0.15) is 0 Å². The van der Waals surface area contributed by atoms with E-state index in [1.54, 1.807) is 0 Å². The summed E-state index contributed by atoms with van der Waals surface area (Å²) >= 11 is 5.46. The van der Waals surface area contributed by atoms with Crippen LogP contribution in [0.5, 0.6) is 0 Å². The summed E-state index contributed by atoms with van der Waals surface area (Å²) in [6, 6.07) is 7.66. The van der Waals surface area contributed by atoms with E-state index in [0.717, 1.165) is 29.7 Å². The van der Waals surface area contributed by atoms with Crippen LogP contribution in [0.4, 0.5) is 0 Å². The van der Waals surface area contributed by atoms with Crippen LogP contribution < -0.4 is 0 Å². The van der Waals surface area contributed by atoms with E-state index in [0.29, 0.717) is 11.7 Å². The minimum Gasteiger partial charge on any atom is -0.301 e. The molecule has 1 heterocycles. The molecule has 1 atom stereocenters. The highest BCUT2D eigenvalue weighted by atomic mass is 79.9. The van der Waals surface area contributed by atoms with E-state index < -0.39 is 0 Å². The van der Waals surface area contributed by atoms with Crippen LogP contribution in [0.25, 0.3) is 0 Å². The summed E-state index contributed by atoms with van der Waals surface area (Å²) in [5.74, 6) is 1.41. The van der Waals surface area contributed by atoms with Gasteiger partial charge in [0.2, 0.25) is 0 Å². The first kappa shape index (κ1) is 14.1. The van der Waals surface area contributed by atoms with Crippen LogP contribution in [-0.4, -0.2) is 41.3 Å². The van der Waals surface area contributed by atoms with Gasteiger partial charge in [0.25, 0.3) is 0 Å². The highest BCUT2D eigenvalue weighted by Crippen LogP contribution is 2.20. The molecule has 2 nitrogen and oxygen atoms in total. The number of halogens is 1. The Labute approximate surface area is 121 Å². The number of Topliss-reactive ketones (excluding diaryl/α,β-unsaturated/α-hetero) is 1. The van der Waals surface area contributed by atoms with Crippen molar-refractivity contribution in [3.05, 3.63) is 34.3 Å². The van der Waals surface area contributed by atoms with E-state index >= 15 is 0 Å². The third kappa shape index (κ3) is 3.84. The largest absolute Gasteiger partial charge is 0.301 e. The molecule has 1 saturated heterocycles. The fraction of sp³-hybridized carbons (Fsp3) is 0.500. The Morgan fingerprint density at radius 3 is 3.00 bits per heavy atom. The third-order valence-corrected chi connectivity index (χ3v) is 4.98. The molecule has 2 rings (SSSR count). The summed E-state index contributed by atoms with van der Waals surface area (Å²) < 4.78 is 0.901. The molecule has 4 heteroatoms. The van der Waals surface area contributed by atoms with Gasteiger partial charge in [-0.2, -0.15) is 11.8 Å². The summed E-state index contributed by atoms with van der Waals surface area (Å²) in [7, 11) is 0. The van der Waals surface area contributed by atoms with Crippen molar-refractivity contribution in [3.8, 4) is 0 Å². The maximum Gasteiger partial charge on any atom is 0.165 e. The van der Waals surface area contributed by atoms with E-state index in [1.807, 2.05) is 36.0 Å². The van der Waals surface area contributed by atoms with Crippen molar-refractivity contribution in [2.75, 3.05) is 25.4 Å². The van der Waals surface area contributed by atoms with Gasteiger partial charge in [-0.15, -0.1) is 0 Å². The number of thioether (sulfide) groups is 1.